The summed E-state index contributed by atoms with van der Waals surface area (Å²) in [5, 5.41) is 0.250. The number of aromatic nitrogens is 1. The van der Waals surface area contributed by atoms with Gasteiger partial charge in [0.15, 0.2) is 9.34 Å². The molecule has 0 saturated heterocycles. The number of aryl methyl sites for hydroxylation is 1. The van der Waals surface area contributed by atoms with Gasteiger partial charge in [0.1, 0.15) is 0 Å². The Labute approximate surface area is 122 Å². The molecule has 1 aromatic heterocycles. The molecule has 0 spiro atoms. The Morgan fingerprint density at radius 2 is 1.95 bits per heavy atom. The molecule has 0 amide bonds. The highest BCUT2D eigenvalue weighted by molar-refractivity contribution is 7.94. The first kappa shape index (κ1) is 14.8. The molecule has 108 valence electrons. The van der Waals surface area contributed by atoms with E-state index in [1.165, 1.54) is 0 Å². The quantitative estimate of drug-likeness (QED) is 0.909. The minimum absolute atomic E-state index is 0.161. The molecule has 0 fully saturated rings. The van der Waals surface area contributed by atoms with E-state index in [1.54, 1.807) is 19.1 Å². The lowest BCUT2D eigenvalue weighted by Gasteiger charge is -2.14. The van der Waals surface area contributed by atoms with Gasteiger partial charge in [0.25, 0.3) is 10.0 Å². The van der Waals surface area contributed by atoms with Crippen LogP contribution in [0.4, 0.5) is 10.8 Å². The van der Waals surface area contributed by atoms with Gasteiger partial charge >= 0.3 is 0 Å². The third kappa shape index (κ3) is 2.94. The second-order valence-corrected chi connectivity index (χ2v) is 7.68. The molecule has 0 aliphatic heterocycles. The second kappa shape index (κ2) is 5.41. The Morgan fingerprint density at radius 1 is 1.30 bits per heavy atom. The minimum atomic E-state index is -3.65. The molecule has 5 nitrogen and oxygen atoms in total. The maximum atomic E-state index is 12.4. The van der Waals surface area contributed by atoms with Gasteiger partial charge in [-0.25, -0.2) is 13.4 Å². The third-order valence-electron chi connectivity index (χ3n) is 2.84. The number of anilines is 2. The number of para-hydroxylation sites is 1. The number of thiazole rings is 1. The van der Waals surface area contributed by atoms with Crippen LogP contribution in [0.1, 0.15) is 31.0 Å². The molecular formula is C13H17N3O2S2. The molecular weight excluding hydrogens is 294 g/mol. The van der Waals surface area contributed by atoms with E-state index in [9.17, 15) is 8.42 Å². The van der Waals surface area contributed by atoms with Crippen molar-refractivity contribution in [1.82, 2.24) is 4.98 Å². The molecule has 2 rings (SSSR count). The maximum Gasteiger partial charge on any atom is 0.273 e. The fourth-order valence-corrected chi connectivity index (χ4v) is 4.32. The average Bonchev–Trinajstić information content (AvgIpc) is 2.69. The predicted molar refractivity (Wildman–Crippen MR) is 82.6 cm³/mol. The molecule has 2 aromatic rings. The molecule has 0 aliphatic rings. The normalized spacial score (nSPS) is 11.8. The summed E-state index contributed by atoms with van der Waals surface area (Å²) in [7, 11) is -3.65. The number of hydrogen-bond donors (Lipinski definition) is 2. The van der Waals surface area contributed by atoms with Gasteiger partial charge in [-0.2, -0.15) is 0 Å². The molecule has 1 heterocycles. The highest BCUT2D eigenvalue weighted by Gasteiger charge is 2.22. The van der Waals surface area contributed by atoms with Crippen molar-refractivity contribution in [3.05, 3.63) is 35.5 Å². The van der Waals surface area contributed by atoms with E-state index < -0.39 is 10.0 Å². The predicted octanol–water partition coefficient (Wildman–Crippen LogP) is 2.96. The molecule has 0 aliphatic carbocycles. The zero-order valence-corrected chi connectivity index (χ0v) is 13.2. The van der Waals surface area contributed by atoms with E-state index in [2.05, 4.69) is 9.71 Å². The smallest absolute Gasteiger partial charge is 0.273 e. The van der Waals surface area contributed by atoms with Crippen LogP contribution in [0.5, 0.6) is 0 Å². The average molecular weight is 311 g/mol. The Kier molecular flexibility index (Phi) is 4.01. The van der Waals surface area contributed by atoms with E-state index in [4.69, 9.17) is 5.73 Å². The van der Waals surface area contributed by atoms with E-state index >= 15 is 0 Å². The maximum absolute atomic E-state index is 12.4. The summed E-state index contributed by atoms with van der Waals surface area (Å²) in [6.07, 6.45) is 0. The third-order valence-corrected chi connectivity index (χ3v) is 5.80. The van der Waals surface area contributed by atoms with Crippen molar-refractivity contribution in [3.8, 4) is 0 Å². The van der Waals surface area contributed by atoms with Gasteiger partial charge in [-0.05, 0) is 24.5 Å². The van der Waals surface area contributed by atoms with Crippen LogP contribution in [0.3, 0.4) is 0 Å². The first-order valence-electron chi connectivity index (χ1n) is 6.16. The van der Waals surface area contributed by atoms with Gasteiger partial charge < -0.3 is 5.73 Å². The van der Waals surface area contributed by atoms with E-state index in [1.807, 2.05) is 26.0 Å². The molecule has 3 N–H and O–H groups in total. The van der Waals surface area contributed by atoms with Crippen LogP contribution in [0, 0.1) is 6.92 Å². The van der Waals surface area contributed by atoms with Crippen LogP contribution in [-0.4, -0.2) is 13.4 Å². The van der Waals surface area contributed by atoms with Crippen molar-refractivity contribution >= 4 is 32.2 Å². The van der Waals surface area contributed by atoms with Crippen LogP contribution in [0.25, 0.3) is 0 Å². The van der Waals surface area contributed by atoms with Crippen LogP contribution < -0.4 is 10.5 Å². The van der Waals surface area contributed by atoms with Gasteiger partial charge in [-0.1, -0.05) is 43.4 Å². The summed E-state index contributed by atoms with van der Waals surface area (Å²) in [4.78, 5) is 3.95. The van der Waals surface area contributed by atoms with Crippen LogP contribution in [0.15, 0.2) is 28.5 Å². The van der Waals surface area contributed by atoms with E-state index in [-0.39, 0.29) is 15.3 Å². The van der Waals surface area contributed by atoms with Crippen LogP contribution in [0.2, 0.25) is 0 Å². The number of hydrogen-bond acceptors (Lipinski definition) is 5. The largest absolute Gasteiger partial charge is 0.375 e. The Balaban J connectivity index is 2.41. The summed E-state index contributed by atoms with van der Waals surface area (Å²) in [5.74, 6) is 0.224. The molecule has 20 heavy (non-hydrogen) atoms. The SMILES string of the molecule is Cc1nc(N)sc1S(=O)(=O)Nc1ccccc1C(C)C. The van der Waals surface area contributed by atoms with E-state index in [0.717, 1.165) is 16.9 Å². The number of benzene rings is 1. The summed E-state index contributed by atoms with van der Waals surface area (Å²) in [6, 6.07) is 7.36. The van der Waals surface area contributed by atoms with E-state index in [0.29, 0.717) is 11.4 Å². The first-order valence-corrected chi connectivity index (χ1v) is 8.46. The van der Waals surface area contributed by atoms with Crippen molar-refractivity contribution in [2.75, 3.05) is 10.5 Å². The summed E-state index contributed by atoms with van der Waals surface area (Å²) in [5.41, 5.74) is 7.52. The van der Waals surface area contributed by atoms with Crippen LogP contribution >= 0.6 is 11.3 Å². The van der Waals surface area contributed by atoms with Crippen molar-refractivity contribution in [3.63, 3.8) is 0 Å². The zero-order valence-electron chi connectivity index (χ0n) is 11.5. The molecule has 0 unspecified atom stereocenters. The molecule has 0 radical (unpaired) electrons. The first-order chi connectivity index (χ1) is 9.31. The highest BCUT2D eigenvalue weighted by atomic mass is 32.2. The van der Waals surface area contributed by atoms with Gasteiger partial charge in [0.2, 0.25) is 0 Å². The molecule has 0 saturated carbocycles. The summed E-state index contributed by atoms with van der Waals surface area (Å²) >= 11 is 0.971. The number of nitrogen functional groups attached to an aromatic ring is 1. The van der Waals surface area contributed by atoms with Gasteiger partial charge in [-0.15, -0.1) is 0 Å². The van der Waals surface area contributed by atoms with Crippen molar-refractivity contribution in [2.45, 2.75) is 30.9 Å². The number of sulfonamides is 1. The molecule has 0 bridgehead atoms. The Morgan fingerprint density at radius 3 is 2.50 bits per heavy atom. The van der Waals surface area contributed by atoms with Crippen LogP contribution in [-0.2, 0) is 10.0 Å². The molecule has 0 atom stereocenters. The lowest BCUT2D eigenvalue weighted by molar-refractivity contribution is 0.602. The topological polar surface area (TPSA) is 85.1 Å². The van der Waals surface area contributed by atoms with Crippen molar-refractivity contribution in [1.29, 1.82) is 0 Å². The fourth-order valence-electron chi connectivity index (χ4n) is 1.94. The van der Waals surface area contributed by atoms with Gasteiger partial charge in [0, 0.05) is 0 Å². The number of rotatable bonds is 4. The van der Waals surface area contributed by atoms with Crippen molar-refractivity contribution in [2.24, 2.45) is 0 Å². The number of nitrogens with one attached hydrogen (secondary N) is 1. The second-order valence-electron chi connectivity index (χ2n) is 4.77. The molecule has 7 heteroatoms. The highest BCUT2D eigenvalue weighted by Crippen LogP contribution is 2.30. The Hall–Kier alpha value is -1.60. The lowest BCUT2D eigenvalue weighted by atomic mass is 10.0. The number of nitrogens with zero attached hydrogens (tertiary/aromatic N) is 1. The van der Waals surface area contributed by atoms with Gasteiger partial charge in [-0.3, -0.25) is 4.72 Å². The summed E-state index contributed by atoms with van der Waals surface area (Å²) < 4.78 is 27.6. The van der Waals surface area contributed by atoms with Gasteiger partial charge in [0.05, 0.1) is 11.4 Å². The van der Waals surface area contributed by atoms with Crippen molar-refractivity contribution < 1.29 is 8.42 Å². The zero-order chi connectivity index (χ0) is 14.9. The fraction of sp³-hybridized carbons (Fsp3) is 0.308. The monoisotopic (exact) mass is 311 g/mol. The number of nitrogens with two attached hydrogens (primary N) is 1. The molecule has 1 aromatic carbocycles. The Bertz CT molecular complexity index is 721. The lowest BCUT2D eigenvalue weighted by Crippen LogP contribution is -2.14. The summed E-state index contributed by atoms with van der Waals surface area (Å²) in [6.45, 7) is 5.67. The standard InChI is InChI=1S/C13H17N3O2S2/c1-8(2)10-6-4-5-7-11(10)16-20(17,18)12-9(3)15-13(14)19-12/h4-8,16H,1-3H3,(H2,14,15). The minimum Gasteiger partial charge on any atom is -0.375 e.